The van der Waals surface area contributed by atoms with E-state index in [2.05, 4.69) is 5.16 Å². The van der Waals surface area contributed by atoms with Crippen LogP contribution in [-0.2, 0) is 16.6 Å². The van der Waals surface area contributed by atoms with Gasteiger partial charge in [-0.1, -0.05) is 17.3 Å². The minimum Gasteiger partial charge on any atom is -0.497 e. The van der Waals surface area contributed by atoms with Crippen molar-refractivity contribution in [2.24, 2.45) is 0 Å². The van der Waals surface area contributed by atoms with Gasteiger partial charge in [-0.2, -0.15) is 4.31 Å². The summed E-state index contributed by atoms with van der Waals surface area (Å²) < 4.78 is 43.6. The largest absolute Gasteiger partial charge is 0.497 e. The third kappa shape index (κ3) is 4.78. The van der Waals surface area contributed by atoms with Crippen LogP contribution in [0, 0.1) is 13.8 Å². The smallest absolute Gasteiger partial charge is 0.257 e. The van der Waals surface area contributed by atoms with Crippen molar-refractivity contribution in [1.29, 1.82) is 0 Å². The molecule has 0 unspecified atom stereocenters. The SMILES string of the molecule is COc1ccc(S(=O)(=O)N2CCN(C(=O)c3ccccc3OCc3c(C)noc3C)CC2)cc1. The molecule has 1 aromatic heterocycles. The predicted molar refractivity (Wildman–Crippen MR) is 124 cm³/mol. The van der Waals surface area contributed by atoms with Crippen molar-refractivity contribution in [3.8, 4) is 11.5 Å². The van der Waals surface area contributed by atoms with Crippen LogP contribution in [0.1, 0.15) is 27.4 Å². The van der Waals surface area contributed by atoms with E-state index in [4.69, 9.17) is 14.0 Å². The third-order valence-electron chi connectivity index (χ3n) is 5.89. The number of carbonyl (C=O) groups excluding carboxylic acids is 1. The second kappa shape index (κ2) is 9.86. The number of methoxy groups -OCH3 is 1. The van der Waals surface area contributed by atoms with Crippen LogP contribution < -0.4 is 9.47 Å². The summed E-state index contributed by atoms with van der Waals surface area (Å²) in [5, 5.41) is 3.93. The van der Waals surface area contributed by atoms with Gasteiger partial charge >= 0.3 is 0 Å². The Bertz CT molecular complexity index is 1240. The van der Waals surface area contributed by atoms with E-state index in [-0.39, 0.29) is 43.6 Å². The maximum atomic E-state index is 13.2. The van der Waals surface area contributed by atoms with Crippen molar-refractivity contribution in [2.45, 2.75) is 25.3 Å². The lowest BCUT2D eigenvalue weighted by Gasteiger charge is -2.34. The normalized spacial score (nSPS) is 14.7. The van der Waals surface area contributed by atoms with Gasteiger partial charge in [0, 0.05) is 26.2 Å². The second-order valence-corrected chi connectivity index (χ2v) is 9.90. The van der Waals surface area contributed by atoms with Gasteiger partial charge < -0.3 is 18.9 Å². The van der Waals surface area contributed by atoms with Gasteiger partial charge in [0.25, 0.3) is 5.91 Å². The number of carbonyl (C=O) groups is 1. The van der Waals surface area contributed by atoms with Gasteiger partial charge in [0.05, 0.1) is 28.8 Å². The maximum Gasteiger partial charge on any atom is 0.257 e. The number of hydrogen-bond acceptors (Lipinski definition) is 7. The Kier molecular flexibility index (Phi) is 6.90. The third-order valence-corrected chi connectivity index (χ3v) is 7.81. The standard InChI is InChI=1S/C24H27N3O6S/c1-17-22(18(2)33-25-17)16-32-23-7-5-4-6-21(23)24(28)26-12-14-27(15-13-26)34(29,30)20-10-8-19(31-3)9-11-20/h4-11H,12-16H2,1-3H3. The summed E-state index contributed by atoms with van der Waals surface area (Å²) in [5.74, 6) is 1.52. The molecule has 2 heterocycles. The number of hydrogen-bond donors (Lipinski definition) is 0. The highest BCUT2D eigenvalue weighted by atomic mass is 32.2. The van der Waals surface area contributed by atoms with E-state index in [1.54, 1.807) is 41.3 Å². The number of benzene rings is 2. The summed E-state index contributed by atoms with van der Waals surface area (Å²) in [4.78, 5) is 15.1. The van der Waals surface area contributed by atoms with Gasteiger partial charge in [0.2, 0.25) is 10.0 Å². The van der Waals surface area contributed by atoms with Crippen molar-refractivity contribution in [3.63, 3.8) is 0 Å². The Morgan fingerprint density at radius 1 is 1.03 bits per heavy atom. The van der Waals surface area contributed by atoms with Crippen LogP contribution in [0.15, 0.2) is 57.9 Å². The highest BCUT2D eigenvalue weighted by molar-refractivity contribution is 7.89. The minimum absolute atomic E-state index is 0.198. The molecule has 1 saturated heterocycles. The monoisotopic (exact) mass is 485 g/mol. The lowest BCUT2D eigenvalue weighted by Crippen LogP contribution is -2.50. The van der Waals surface area contributed by atoms with E-state index in [1.807, 2.05) is 13.8 Å². The highest BCUT2D eigenvalue weighted by Crippen LogP contribution is 2.25. The Balaban J connectivity index is 1.42. The van der Waals surface area contributed by atoms with Crippen LogP contribution in [0.3, 0.4) is 0 Å². The van der Waals surface area contributed by atoms with E-state index >= 15 is 0 Å². The van der Waals surface area contributed by atoms with E-state index < -0.39 is 10.0 Å². The van der Waals surface area contributed by atoms with E-state index in [9.17, 15) is 13.2 Å². The molecular formula is C24H27N3O6S. The summed E-state index contributed by atoms with van der Waals surface area (Å²) in [6, 6.07) is 13.3. The van der Waals surface area contributed by atoms with Crippen LogP contribution in [0.2, 0.25) is 0 Å². The number of amides is 1. The molecule has 10 heteroatoms. The number of aryl methyl sites for hydroxylation is 2. The molecule has 1 fully saturated rings. The molecule has 0 aliphatic carbocycles. The summed E-state index contributed by atoms with van der Waals surface area (Å²) in [6.45, 7) is 4.88. The molecule has 0 spiro atoms. The maximum absolute atomic E-state index is 13.2. The number of piperazine rings is 1. The Morgan fingerprint density at radius 3 is 2.32 bits per heavy atom. The Labute approximate surface area is 198 Å². The predicted octanol–water partition coefficient (Wildman–Crippen LogP) is 3.03. The van der Waals surface area contributed by atoms with Crippen LogP contribution in [0.4, 0.5) is 0 Å². The minimum atomic E-state index is -3.65. The molecule has 0 bridgehead atoms. The summed E-state index contributed by atoms with van der Waals surface area (Å²) in [7, 11) is -2.12. The fraction of sp³-hybridized carbons (Fsp3) is 0.333. The molecule has 3 aromatic rings. The lowest BCUT2D eigenvalue weighted by atomic mass is 10.1. The first-order valence-electron chi connectivity index (χ1n) is 10.9. The first-order valence-corrected chi connectivity index (χ1v) is 12.3. The lowest BCUT2D eigenvalue weighted by molar-refractivity contribution is 0.0693. The van der Waals surface area contributed by atoms with Crippen molar-refractivity contribution in [3.05, 3.63) is 71.1 Å². The molecule has 4 rings (SSSR count). The number of rotatable bonds is 7. The van der Waals surface area contributed by atoms with Gasteiger partial charge in [-0.05, 0) is 50.2 Å². The molecule has 1 amide bonds. The molecule has 0 atom stereocenters. The molecule has 34 heavy (non-hydrogen) atoms. The summed E-state index contributed by atoms with van der Waals surface area (Å²) in [5.41, 5.74) is 2.02. The van der Waals surface area contributed by atoms with Gasteiger partial charge in [-0.25, -0.2) is 8.42 Å². The van der Waals surface area contributed by atoms with Gasteiger partial charge in [0.15, 0.2) is 0 Å². The highest BCUT2D eigenvalue weighted by Gasteiger charge is 2.31. The van der Waals surface area contributed by atoms with Gasteiger partial charge in [-0.15, -0.1) is 0 Å². The summed E-state index contributed by atoms with van der Waals surface area (Å²) >= 11 is 0. The molecule has 180 valence electrons. The number of ether oxygens (including phenoxy) is 2. The molecule has 0 N–H and O–H groups in total. The van der Waals surface area contributed by atoms with E-state index in [0.717, 1.165) is 11.3 Å². The second-order valence-electron chi connectivity index (χ2n) is 7.96. The van der Waals surface area contributed by atoms with E-state index in [1.165, 1.54) is 23.5 Å². The average molecular weight is 486 g/mol. The Morgan fingerprint density at radius 2 is 1.71 bits per heavy atom. The zero-order valence-corrected chi connectivity index (χ0v) is 20.2. The quantitative estimate of drug-likeness (QED) is 0.507. The molecule has 1 aliphatic heterocycles. The molecule has 0 radical (unpaired) electrons. The van der Waals surface area contributed by atoms with Crippen molar-refractivity contribution >= 4 is 15.9 Å². The van der Waals surface area contributed by atoms with E-state index in [0.29, 0.717) is 22.8 Å². The number of sulfonamides is 1. The fourth-order valence-electron chi connectivity index (χ4n) is 3.83. The van der Waals surface area contributed by atoms with Crippen molar-refractivity contribution < 1.29 is 27.2 Å². The van der Waals surface area contributed by atoms with Crippen LogP contribution in [-0.4, -0.2) is 62.0 Å². The first-order chi connectivity index (χ1) is 16.3. The van der Waals surface area contributed by atoms with Crippen LogP contribution >= 0.6 is 0 Å². The topological polar surface area (TPSA) is 102 Å². The molecule has 2 aromatic carbocycles. The van der Waals surface area contributed by atoms with Crippen LogP contribution in [0.5, 0.6) is 11.5 Å². The number of nitrogens with zero attached hydrogens (tertiary/aromatic N) is 3. The number of aromatic nitrogens is 1. The number of para-hydroxylation sites is 1. The zero-order chi connectivity index (χ0) is 24.3. The molecular weight excluding hydrogens is 458 g/mol. The molecule has 0 saturated carbocycles. The van der Waals surface area contributed by atoms with Gasteiger partial charge in [0.1, 0.15) is 23.9 Å². The molecule has 9 nitrogen and oxygen atoms in total. The average Bonchev–Trinajstić information content (AvgIpc) is 3.19. The van der Waals surface area contributed by atoms with Crippen molar-refractivity contribution in [2.75, 3.05) is 33.3 Å². The zero-order valence-electron chi connectivity index (χ0n) is 19.4. The fourth-order valence-corrected chi connectivity index (χ4v) is 5.25. The van der Waals surface area contributed by atoms with Crippen LogP contribution in [0.25, 0.3) is 0 Å². The molecule has 1 aliphatic rings. The summed E-state index contributed by atoms with van der Waals surface area (Å²) in [6.07, 6.45) is 0. The Hall–Kier alpha value is -3.37. The van der Waals surface area contributed by atoms with Gasteiger partial charge in [-0.3, -0.25) is 4.79 Å². The van der Waals surface area contributed by atoms with Crippen molar-refractivity contribution in [1.82, 2.24) is 14.4 Å². The first kappa shape index (κ1) is 23.8.